The predicted molar refractivity (Wildman–Crippen MR) is 105 cm³/mol. The third kappa shape index (κ3) is 5.04. The highest BCUT2D eigenvalue weighted by molar-refractivity contribution is 8.38. The van der Waals surface area contributed by atoms with E-state index in [4.69, 9.17) is 14.9 Å². The minimum Gasteiger partial charge on any atom is -0.450 e. The summed E-state index contributed by atoms with van der Waals surface area (Å²) in [6, 6.07) is 7.31. The van der Waals surface area contributed by atoms with Gasteiger partial charge in [0, 0.05) is 22.5 Å². The molecule has 2 heterocycles. The van der Waals surface area contributed by atoms with Crippen molar-refractivity contribution < 1.29 is 23.5 Å². The van der Waals surface area contributed by atoms with Crippen LogP contribution in [0.15, 0.2) is 33.7 Å². The molecule has 0 fully saturated rings. The molecule has 0 unspecified atom stereocenters. The number of benzene rings is 1. The van der Waals surface area contributed by atoms with Gasteiger partial charge in [-0.2, -0.15) is 0 Å². The molecule has 10 heteroatoms. The third-order valence-corrected chi connectivity index (χ3v) is 5.85. The molecule has 0 saturated heterocycles. The van der Waals surface area contributed by atoms with Gasteiger partial charge < -0.3 is 20.2 Å². The number of nitrogens with zero attached hydrogens (tertiary/aromatic N) is 1. The van der Waals surface area contributed by atoms with Crippen LogP contribution in [-0.2, 0) is 20.1 Å². The van der Waals surface area contributed by atoms with E-state index in [0.717, 1.165) is 22.1 Å². The summed E-state index contributed by atoms with van der Waals surface area (Å²) < 4.78 is 11.7. The fourth-order valence-electron chi connectivity index (χ4n) is 2.38. The Bertz CT molecular complexity index is 909. The van der Waals surface area contributed by atoms with Gasteiger partial charge in [-0.3, -0.25) is 14.6 Å². The van der Waals surface area contributed by atoms with Gasteiger partial charge >= 0.3 is 5.97 Å². The number of hydrogen-bond donors (Lipinski definition) is 2. The number of fused-ring (bicyclic) bond motifs is 1. The first-order valence-corrected chi connectivity index (χ1v) is 10.0. The molecule has 1 aliphatic rings. The van der Waals surface area contributed by atoms with E-state index in [1.54, 1.807) is 17.8 Å². The Hall–Kier alpha value is -2.46. The molecular weight excluding hydrogens is 390 g/mol. The number of furan rings is 1. The number of thioether (sulfide) groups is 2. The lowest BCUT2D eigenvalue weighted by molar-refractivity contribution is -0.127. The van der Waals surface area contributed by atoms with E-state index in [1.165, 1.54) is 11.8 Å². The second-order valence-electron chi connectivity index (χ2n) is 5.51. The number of carbonyl (C=O) groups excluding carboxylic acids is 3. The van der Waals surface area contributed by atoms with Crippen molar-refractivity contribution in [3.8, 4) is 0 Å². The molecule has 1 aromatic carbocycles. The molecule has 142 valence electrons. The van der Waals surface area contributed by atoms with Crippen LogP contribution in [0.2, 0.25) is 0 Å². The van der Waals surface area contributed by atoms with E-state index < -0.39 is 24.4 Å². The first-order chi connectivity index (χ1) is 13.0. The Balaban J connectivity index is 1.72. The second kappa shape index (κ2) is 8.96. The standard InChI is InChI=1S/C17H17N3O5S2/c18-13(21)7-20-14(22)8-24-16(23)15-11(9-27-17-19-5-6-26-17)10-3-1-2-4-12(10)25-15/h1-4H,5-9H2,(H2,18,21)(H,20,22). The van der Waals surface area contributed by atoms with Crippen molar-refractivity contribution in [3.05, 3.63) is 35.6 Å². The van der Waals surface area contributed by atoms with Crippen molar-refractivity contribution in [2.45, 2.75) is 5.75 Å². The summed E-state index contributed by atoms with van der Waals surface area (Å²) in [7, 11) is 0. The first kappa shape index (κ1) is 19.3. The molecular formula is C17H17N3O5S2. The summed E-state index contributed by atoms with van der Waals surface area (Å²) in [6.07, 6.45) is 0. The number of nitrogens with one attached hydrogen (secondary N) is 1. The first-order valence-electron chi connectivity index (χ1n) is 8.07. The summed E-state index contributed by atoms with van der Waals surface area (Å²) >= 11 is 3.22. The maximum atomic E-state index is 12.4. The molecule has 1 aromatic heterocycles. The molecule has 0 radical (unpaired) electrons. The number of aliphatic imine (C=N–C) groups is 1. The van der Waals surface area contributed by atoms with Crippen LogP contribution in [0.5, 0.6) is 0 Å². The van der Waals surface area contributed by atoms with Gasteiger partial charge in [-0.25, -0.2) is 4.79 Å². The van der Waals surface area contributed by atoms with Crippen LogP contribution in [0.4, 0.5) is 0 Å². The van der Waals surface area contributed by atoms with Gasteiger partial charge in [-0.1, -0.05) is 41.7 Å². The lowest BCUT2D eigenvalue weighted by Gasteiger charge is -2.05. The lowest BCUT2D eigenvalue weighted by atomic mass is 10.1. The number of carbonyl (C=O) groups is 3. The Morgan fingerprint density at radius 2 is 2.15 bits per heavy atom. The maximum Gasteiger partial charge on any atom is 0.375 e. The number of para-hydroxylation sites is 1. The number of primary amides is 1. The van der Waals surface area contributed by atoms with E-state index in [1.807, 2.05) is 18.2 Å². The van der Waals surface area contributed by atoms with Gasteiger partial charge in [0.05, 0.1) is 13.1 Å². The number of ether oxygens (including phenoxy) is 1. The van der Waals surface area contributed by atoms with Crippen molar-refractivity contribution in [3.63, 3.8) is 0 Å². The van der Waals surface area contributed by atoms with Crippen molar-refractivity contribution in [1.82, 2.24) is 5.32 Å². The molecule has 1 aliphatic heterocycles. The molecule has 3 N–H and O–H groups in total. The fraction of sp³-hybridized carbons (Fsp3) is 0.294. The second-order valence-corrected chi connectivity index (χ2v) is 7.82. The molecule has 2 aromatic rings. The minimum atomic E-state index is -0.739. The van der Waals surface area contributed by atoms with Crippen LogP contribution in [0.3, 0.4) is 0 Å². The lowest BCUT2D eigenvalue weighted by Crippen LogP contribution is -2.36. The fourth-order valence-corrected chi connectivity index (χ4v) is 4.41. The smallest absolute Gasteiger partial charge is 0.375 e. The summed E-state index contributed by atoms with van der Waals surface area (Å²) in [5.74, 6) is -0.512. The summed E-state index contributed by atoms with van der Waals surface area (Å²) in [5, 5.41) is 3.07. The van der Waals surface area contributed by atoms with Crippen LogP contribution >= 0.6 is 23.5 Å². The van der Waals surface area contributed by atoms with E-state index in [2.05, 4.69) is 10.3 Å². The predicted octanol–water partition coefficient (Wildman–Crippen LogP) is 1.53. The van der Waals surface area contributed by atoms with Crippen LogP contribution in [-0.4, -0.2) is 47.6 Å². The molecule has 0 spiro atoms. The summed E-state index contributed by atoms with van der Waals surface area (Å²) in [5.41, 5.74) is 6.22. The van der Waals surface area contributed by atoms with Crippen LogP contribution in [0.1, 0.15) is 16.1 Å². The van der Waals surface area contributed by atoms with Gasteiger partial charge in [0.15, 0.2) is 6.61 Å². The molecule has 0 aliphatic carbocycles. The highest BCUT2D eigenvalue weighted by Gasteiger charge is 2.23. The topological polar surface area (TPSA) is 124 Å². The normalized spacial score (nSPS) is 13.4. The number of nitrogens with two attached hydrogens (primary N) is 1. The zero-order valence-electron chi connectivity index (χ0n) is 14.2. The van der Waals surface area contributed by atoms with Gasteiger partial charge in [0.25, 0.3) is 5.91 Å². The Kier molecular flexibility index (Phi) is 6.40. The van der Waals surface area contributed by atoms with Gasteiger partial charge in [-0.05, 0) is 6.07 Å². The van der Waals surface area contributed by atoms with Crippen LogP contribution in [0, 0.1) is 0 Å². The quantitative estimate of drug-likeness (QED) is 0.667. The van der Waals surface area contributed by atoms with E-state index in [9.17, 15) is 14.4 Å². The maximum absolute atomic E-state index is 12.4. The molecule has 0 atom stereocenters. The SMILES string of the molecule is NC(=O)CNC(=O)COC(=O)c1oc2ccccc2c1CSC1=NCCS1. The zero-order chi connectivity index (χ0) is 19.2. The number of hydrogen-bond acceptors (Lipinski definition) is 8. The van der Waals surface area contributed by atoms with E-state index >= 15 is 0 Å². The minimum absolute atomic E-state index is 0.0648. The van der Waals surface area contributed by atoms with Crippen molar-refractivity contribution in [1.29, 1.82) is 0 Å². The van der Waals surface area contributed by atoms with E-state index in [0.29, 0.717) is 16.9 Å². The molecule has 2 amide bonds. The summed E-state index contributed by atoms with van der Waals surface area (Å²) in [6.45, 7) is -0.0462. The molecule has 0 saturated carbocycles. The van der Waals surface area contributed by atoms with Gasteiger partial charge in [0.1, 0.15) is 9.96 Å². The molecule has 3 rings (SSSR count). The molecule has 27 heavy (non-hydrogen) atoms. The van der Waals surface area contributed by atoms with Crippen molar-refractivity contribution in [2.75, 3.05) is 25.4 Å². The Morgan fingerprint density at radius 1 is 1.33 bits per heavy atom. The average Bonchev–Trinajstić information content (AvgIpc) is 3.30. The van der Waals surface area contributed by atoms with Crippen molar-refractivity contribution in [2.24, 2.45) is 10.7 Å². The highest BCUT2D eigenvalue weighted by atomic mass is 32.2. The summed E-state index contributed by atoms with van der Waals surface area (Å²) in [4.78, 5) is 39.1. The number of rotatable bonds is 7. The highest BCUT2D eigenvalue weighted by Crippen LogP contribution is 2.32. The number of esters is 1. The third-order valence-electron chi connectivity index (χ3n) is 3.58. The van der Waals surface area contributed by atoms with Crippen LogP contribution in [0.25, 0.3) is 11.0 Å². The van der Waals surface area contributed by atoms with Crippen molar-refractivity contribution >= 4 is 56.7 Å². The number of amides is 2. The Labute approximate surface area is 163 Å². The Morgan fingerprint density at radius 3 is 2.89 bits per heavy atom. The monoisotopic (exact) mass is 407 g/mol. The zero-order valence-corrected chi connectivity index (χ0v) is 15.9. The van der Waals surface area contributed by atoms with Crippen LogP contribution < -0.4 is 11.1 Å². The molecule has 8 nitrogen and oxygen atoms in total. The largest absolute Gasteiger partial charge is 0.450 e. The van der Waals surface area contributed by atoms with Gasteiger partial charge in [-0.15, -0.1) is 0 Å². The average molecular weight is 407 g/mol. The van der Waals surface area contributed by atoms with E-state index in [-0.39, 0.29) is 12.3 Å². The molecule has 0 bridgehead atoms. The van der Waals surface area contributed by atoms with Gasteiger partial charge in [0.2, 0.25) is 11.7 Å².